The maximum Gasteiger partial charge on any atom is 0.251 e. The lowest BCUT2D eigenvalue weighted by molar-refractivity contribution is 0.397. The Kier molecular flexibility index (Phi) is 4.61. The normalized spacial score (nSPS) is 15.7. The summed E-state index contributed by atoms with van der Waals surface area (Å²) in [5.41, 5.74) is 0.558. The minimum absolute atomic E-state index is 0.108. The van der Waals surface area contributed by atoms with Gasteiger partial charge in [0, 0.05) is 30.9 Å². The van der Waals surface area contributed by atoms with Crippen LogP contribution in [-0.4, -0.2) is 16.8 Å². The summed E-state index contributed by atoms with van der Waals surface area (Å²) >= 11 is 0. The highest BCUT2D eigenvalue weighted by Gasteiger charge is 2.14. The van der Waals surface area contributed by atoms with Crippen LogP contribution in [0.3, 0.4) is 0 Å². The topological polar surface area (TPSA) is 69.9 Å². The summed E-state index contributed by atoms with van der Waals surface area (Å²) in [6, 6.07) is 3.56. The van der Waals surface area contributed by atoms with Crippen molar-refractivity contribution in [1.82, 2.24) is 9.88 Å². The van der Waals surface area contributed by atoms with Gasteiger partial charge in [0.2, 0.25) is 0 Å². The Labute approximate surface area is 119 Å². The van der Waals surface area contributed by atoms with Crippen LogP contribution in [0, 0.1) is 5.41 Å². The van der Waals surface area contributed by atoms with Crippen LogP contribution in [-0.2, 0) is 7.05 Å². The molecule has 1 aromatic rings. The first kappa shape index (κ1) is 14.4. The Morgan fingerprint density at radius 1 is 1.40 bits per heavy atom. The van der Waals surface area contributed by atoms with E-state index in [1.807, 2.05) is 0 Å². The zero-order valence-corrected chi connectivity index (χ0v) is 11.9. The van der Waals surface area contributed by atoms with Crippen LogP contribution in [0.2, 0.25) is 0 Å². The minimum Gasteiger partial charge on any atom is -0.369 e. The second kappa shape index (κ2) is 6.41. The van der Waals surface area contributed by atoms with Crippen LogP contribution in [0.5, 0.6) is 0 Å². The Morgan fingerprint density at radius 3 is 2.75 bits per heavy atom. The Hall–Kier alpha value is -2.04. The first-order valence-corrected chi connectivity index (χ1v) is 7.05. The number of nitrogens with one attached hydrogen (secondary N) is 3. The first-order valence-electron chi connectivity index (χ1n) is 7.05. The van der Waals surface area contributed by atoms with Gasteiger partial charge in [0.25, 0.3) is 5.56 Å². The quantitative estimate of drug-likeness (QED) is 0.721. The highest BCUT2D eigenvalue weighted by atomic mass is 16.1. The van der Waals surface area contributed by atoms with Crippen molar-refractivity contribution >= 4 is 12.0 Å². The van der Waals surface area contributed by atoms with E-state index in [9.17, 15) is 4.79 Å². The Bertz CT molecular complexity index is 555. The largest absolute Gasteiger partial charge is 0.369 e. The number of anilines is 1. The van der Waals surface area contributed by atoms with Gasteiger partial charge >= 0.3 is 0 Å². The maximum atomic E-state index is 11.7. The van der Waals surface area contributed by atoms with Gasteiger partial charge in [0.1, 0.15) is 5.82 Å². The van der Waals surface area contributed by atoms with E-state index in [1.165, 1.54) is 36.1 Å². The summed E-state index contributed by atoms with van der Waals surface area (Å²) < 4.78 is 1.49. The number of nitrogens with zero attached hydrogens (tertiary/aromatic N) is 1. The minimum atomic E-state index is -0.108. The summed E-state index contributed by atoms with van der Waals surface area (Å²) in [5.74, 6) is 1.28. The SMILES string of the molecule is C=C(Nc1c(C=N)ccc(=O)n1C)NC1CCCCC1. The van der Waals surface area contributed by atoms with E-state index in [0.29, 0.717) is 23.2 Å². The van der Waals surface area contributed by atoms with Gasteiger partial charge in [-0.15, -0.1) is 0 Å². The van der Waals surface area contributed by atoms with Crippen molar-refractivity contribution < 1.29 is 0 Å². The van der Waals surface area contributed by atoms with Crippen LogP contribution in [0.1, 0.15) is 37.7 Å². The highest BCUT2D eigenvalue weighted by Crippen LogP contribution is 2.19. The molecule has 1 aromatic heterocycles. The van der Waals surface area contributed by atoms with Gasteiger partial charge in [-0.1, -0.05) is 25.8 Å². The zero-order valence-electron chi connectivity index (χ0n) is 11.9. The number of pyridine rings is 1. The third-order valence-corrected chi connectivity index (χ3v) is 3.75. The fourth-order valence-corrected chi connectivity index (χ4v) is 2.60. The predicted octanol–water partition coefficient (Wildman–Crippen LogP) is 2.19. The van der Waals surface area contributed by atoms with Gasteiger partial charge in [-0.2, -0.15) is 0 Å². The molecule has 5 heteroatoms. The fraction of sp³-hybridized carbons (Fsp3) is 0.467. The van der Waals surface area contributed by atoms with Crippen molar-refractivity contribution in [1.29, 1.82) is 5.41 Å². The summed E-state index contributed by atoms with van der Waals surface area (Å²) in [7, 11) is 1.69. The van der Waals surface area contributed by atoms with Crippen molar-refractivity contribution in [3.05, 3.63) is 40.4 Å². The highest BCUT2D eigenvalue weighted by molar-refractivity contribution is 5.84. The second-order valence-electron chi connectivity index (χ2n) is 5.26. The van der Waals surface area contributed by atoms with Gasteiger partial charge in [-0.05, 0) is 18.9 Å². The van der Waals surface area contributed by atoms with Crippen molar-refractivity contribution in [2.75, 3.05) is 5.32 Å². The van der Waals surface area contributed by atoms with Gasteiger partial charge in [-0.3, -0.25) is 9.36 Å². The average Bonchev–Trinajstić information content (AvgIpc) is 2.45. The molecule has 2 rings (SSSR count). The molecule has 0 amide bonds. The lowest BCUT2D eigenvalue weighted by Gasteiger charge is -2.26. The molecule has 1 saturated carbocycles. The van der Waals surface area contributed by atoms with Crippen LogP contribution in [0.25, 0.3) is 0 Å². The second-order valence-corrected chi connectivity index (χ2v) is 5.26. The van der Waals surface area contributed by atoms with E-state index in [1.54, 1.807) is 13.1 Å². The van der Waals surface area contributed by atoms with Crippen molar-refractivity contribution in [2.45, 2.75) is 38.1 Å². The lowest BCUT2D eigenvalue weighted by atomic mass is 9.96. The van der Waals surface area contributed by atoms with E-state index < -0.39 is 0 Å². The van der Waals surface area contributed by atoms with Gasteiger partial charge in [0.05, 0.1) is 5.82 Å². The molecule has 0 saturated heterocycles. The Morgan fingerprint density at radius 2 is 2.10 bits per heavy atom. The van der Waals surface area contributed by atoms with Crippen molar-refractivity contribution in [2.24, 2.45) is 7.05 Å². The van der Waals surface area contributed by atoms with Gasteiger partial charge in [-0.25, -0.2) is 0 Å². The molecule has 0 radical (unpaired) electrons. The molecular weight excluding hydrogens is 252 g/mol. The van der Waals surface area contributed by atoms with Crippen molar-refractivity contribution in [3.63, 3.8) is 0 Å². The monoisotopic (exact) mass is 274 g/mol. The number of rotatable bonds is 5. The number of aromatic nitrogens is 1. The molecule has 3 N–H and O–H groups in total. The molecule has 0 atom stereocenters. The zero-order chi connectivity index (χ0) is 14.5. The first-order chi connectivity index (χ1) is 9.61. The lowest BCUT2D eigenvalue weighted by Crippen LogP contribution is -2.34. The van der Waals surface area contributed by atoms with E-state index in [2.05, 4.69) is 17.2 Å². The molecule has 0 aromatic carbocycles. The average molecular weight is 274 g/mol. The molecule has 1 heterocycles. The van der Waals surface area contributed by atoms with E-state index in [0.717, 1.165) is 12.8 Å². The molecule has 5 nitrogen and oxygen atoms in total. The number of hydrogen-bond donors (Lipinski definition) is 3. The molecule has 1 fully saturated rings. The number of hydrogen-bond acceptors (Lipinski definition) is 4. The summed E-state index contributed by atoms with van der Waals surface area (Å²) in [5, 5.41) is 13.9. The predicted molar refractivity (Wildman–Crippen MR) is 82.3 cm³/mol. The molecule has 0 unspecified atom stereocenters. The Balaban J connectivity index is 2.09. The molecule has 20 heavy (non-hydrogen) atoms. The summed E-state index contributed by atoms with van der Waals surface area (Å²) in [6.07, 6.45) is 7.36. The third-order valence-electron chi connectivity index (χ3n) is 3.75. The molecule has 0 aliphatic heterocycles. The summed E-state index contributed by atoms with van der Waals surface area (Å²) in [6.45, 7) is 3.98. The molecular formula is C15H22N4O. The third kappa shape index (κ3) is 3.29. The summed E-state index contributed by atoms with van der Waals surface area (Å²) in [4.78, 5) is 11.7. The molecule has 0 spiro atoms. The van der Waals surface area contributed by atoms with Crippen molar-refractivity contribution in [3.8, 4) is 0 Å². The molecule has 0 bridgehead atoms. The van der Waals surface area contributed by atoms with Crippen LogP contribution >= 0.6 is 0 Å². The smallest absolute Gasteiger partial charge is 0.251 e. The van der Waals surface area contributed by atoms with E-state index >= 15 is 0 Å². The van der Waals surface area contributed by atoms with E-state index in [-0.39, 0.29) is 5.56 Å². The van der Waals surface area contributed by atoms with Crippen LogP contribution in [0.15, 0.2) is 29.3 Å². The molecule has 1 aliphatic carbocycles. The van der Waals surface area contributed by atoms with Crippen LogP contribution in [0.4, 0.5) is 5.82 Å². The van der Waals surface area contributed by atoms with Crippen LogP contribution < -0.4 is 16.2 Å². The fourth-order valence-electron chi connectivity index (χ4n) is 2.60. The van der Waals surface area contributed by atoms with Gasteiger partial charge in [0.15, 0.2) is 0 Å². The van der Waals surface area contributed by atoms with Gasteiger partial charge < -0.3 is 16.0 Å². The maximum absolute atomic E-state index is 11.7. The van der Waals surface area contributed by atoms with E-state index in [4.69, 9.17) is 5.41 Å². The standard InChI is InChI=1S/C15H22N4O/c1-11(17-13-6-4-3-5-7-13)18-15-12(10-16)8-9-14(20)19(15)2/h8-10,13,16-18H,1,3-7H2,2H3. The molecule has 1 aliphatic rings. The molecule has 108 valence electrons.